The number of aromatic hydroxyl groups is 1. The van der Waals surface area contributed by atoms with E-state index in [1.807, 2.05) is 60.7 Å². The molecule has 5 rings (SSSR count). The minimum atomic E-state index is -5.00. The van der Waals surface area contributed by atoms with E-state index in [-0.39, 0.29) is 10.6 Å². The zero-order chi connectivity index (χ0) is 40.2. The molecule has 0 bridgehead atoms. The molecule has 2 unspecified atom stereocenters. The standard InChI is InChI=1S/C16H15F3O2S.C12H10OS.C11H13F3O3S/c1-15(20,16(17,18)19)11-21-12-7-9-14(10-8-12)22-13-5-3-2-4-6-13;13-10-6-8-12(9-7-10)14-11-4-2-1-3-5-11;1-8-3-5-9(6-4-8)18(16,17)7-10(2,15)11(12,13)14/h2-10,20H,11H2,1H3;1-9,13H;3-6,15H,7H2,1-2H3. The van der Waals surface area contributed by atoms with Gasteiger partial charge in [0, 0.05) is 19.6 Å². The summed E-state index contributed by atoms with van der Waals surface area (Å²) in [5.41, 5.74) is -5.35. The lowest BCUT2D eigenvalue weighted by atomic mass is 10.1. The Labute approximate surface area is 318 Å². The molecule has 5 aromatic carbocycles. The molecule has 0 amide bonds. The van der Waals surface area contributed by atoms with Crippen LogP contribution in [-0.4, -0.2) is 59.7 Å². The molecular formula is C39H38F6O6S3. The molecule has 0 saturated carbocycles. The van der Waals surface area contributed by atoms with Crippen molar-refractivity contribution in [1.29, 1.82) is 0 Å². The molecule has 0 saturated heterocycles. The van der Waals surface area contributed by atoms with Gasteiger partial charge in [-0.3, -0.25) is 0 Å². The number of phenols is 1. The zero-order valence-corrected chi connectivity index (χ0v) is 31.6. The molecule has 2 atom stereocenters. The maximum atomic E-state index is 12.5. The maximum Gasteiger partial charge on any atom is 0.420 e. The molecule has 0 aromatic heterocycles. The van der Waals surface area contributed by atoms with E-state index in [9.17, 15) is 45.0 Å². The molecule has 0 aliphatic heterocycles. The summed E-state index contributed by atoms with van der Waals surface area (Å²) in [5.74, 6) is -0.809. The van der Waals surface area contributed by atoms with Gasteiger partial charge in [-0.1, -0.05) is 77.6 Å². The van der Waals surface area contributed by atoms with Gasteiger partial charge < -0.3 is 20.1 Å². The molecule has 54 heavy (non-hydrogen) atoms. The Morgan fingerprint density at radius 3 is 1.37 bits per heavy atom. The Balaban J connectivity index is 0.000000223. The van der Waals surface area contributed by atoms with Crippen LogP contribution in [0.2, 0.25) is 0 Å². The van der Waals surface area contributed by atoms with Crippen LogP contribution in [0.1, 0.15) is 19.4 Å². The lowest BCUT2D eigenvalue weighted by Gasteiger charge is -2.26. The van der Waals surface area contributed by atoms with Gasteiger partial charge in [0.2, 0.25) is 0 Å². The number of aliphatic hydroxyl groups is 2. The topological polar surface area (TPSA) is 104 Å². The summed E-state index contributed by atoms with van der Waals surface area (Å²) in [6, 6.07) is 39.2. The van der Waals surface area contributed by atoms with Crippen LogP contribution in [0.25, 0.3) is 0 Å². The van der Waals surface area contributed by atoms with Crippen molar-refractivity contribution in [3.8, 4) is 11.5 Å². The van der Waals surface area contributed by atoms with Crippen LogP contribution >= 0.6 is 23.5 Å². The fraction of sp³-hybridized carbons (Fsp3) is 0.231. The summed E-state index contributed by atoms with van der Waals surface area (Å²) in [6.45, 7) is 2.01. The van der Waals surface area contributed by atoms with Gasteiger partial charge in [-0.25, -0.2) is 8.42 Å². The first-order valence-corrected chi connectivity index (χ1v) is 19.2. The van der Waals surface area contributed by atoms with Gasteiger partial charge in [0.05, 0.1) is 10.6 Å². The Morgan fingerprint density at radius 1 is 0.574 bits per heavy atom. The number of aryl methyl sites for hydroxylation is 1. The lowest BCUT2D eigenvalue weighted by molar-refractivity contribution is -0.260. The first-order chi connectivity index (χ1) is 25.1. The molecule has 6 nitrogen and oxygen atoms in total. The number of sulfone groups is 1. The van der Waals surface area contributed by atoms with Crippen molar-refractivity contribution in [3.63, 3.8) is 0 Å². The summed E-state index contributed by atoms with van der Waals surface area (Å²) < 4.78 is 103. The molecule has 3 N–H and O–H groups in total. The van der Waals surface area contributed by atoms with Crippen LogP contribution < -0.4 is 4.74 Å². The van der Waals surface area contributed by atoms with E-state index in [1.54, 1.807) is 55.1 Å². The van der Waals surface area contributed by atoms with Crippen molar-refractivity contribution in [2.75, 3.05) is 12.4 Å². The van der Waals surface area contributed by atoms with Gasteiger partial charge in [-0.2, -0.15) is 26.3 Å². The Hall–Kier alpha value is -4.15. The predicted molar refractivity (Wildman–Crippen MR) is 198 cm³/mol. The van der Waals surface area contributed by atoms with E-state index in [4.69, 9.17) is 9.84 Å². The maximum absolute atomic E-state index is 12.5. The van der Waals surface area contributed by atoms with Crippen molar-refractivity contribution in [2.24, 2.45) is 0 Å². The lowest BCUT2D eigenvalue weighted by Crippen LogP contribution is -2.47. The number of alkyl halides is 6. The second-order valence-corrected chi connectivity index (χ2v) is 16.5. The SMILES string of the molecule is CC(O)(COc1ccc(Sc2ccccc2)cc1)C(F)(F)F.Cc1ccc(S(=O)(=O)CC(C)(O)C(F)(F)F)cc1.Oc1ccc(Sc2ccccc2)cc1. The summed E-state index contributed by atoms with van der Waals surface area (Å²) in [5, 5.41) is 27.6. The highest BCUT2D eigenvalue weighted by molar-refractivity contribution is 7.99. The summed E-state index contributed by atoms with van der Waals surface area (Å²) in [6.07, 6.45) is -9.72. The van der Waals surface area contributed by atoms with E-state index in [2.05, 4.69) is 12.1 Å². The third kappa shape index (κ3) is 14.3. The summed E-state index contributed by atoms with van der Waals surface area (Å²) in [7, 11) is -4.19. The van der Waals surface area contributed by atoms with Gasteiger partial charge in [0.1, 0.15) is 18.1 Å². The molecule has 0 fully saturated rings. The predicted octanol–water partition coefficient (Wildman–Crippen LogP) is 10.2. The first kappa shape index (κ1) is 44.2. The summed E-state index contributed by atoms with van der Waals surface area (Å²) in [4.78, 5) is 4.11. The second-order valence-electron chi connectivity index (χ2n) is 12.2. The molecule has 0 spiro atoms. The second kappa shape index (κ2) is 18.9. The van der Waals surface area contributed by atoms with Crippen LogP contribution in [0.5, 0.6) is 11.5 Å². The van der Waals surface area contributed by atoms with E-state index in [0.29, 0.717) is 19.6 Å². The monoisotopic (exact) mass is 812 g/mol. The highest BCUT2D eigenvalue weighted by Gasteiger charge is 2.52. The number of rotatable bonds is 10. The Morgan fingerprint density at radius 2 is 0.963 bits per heavy atom. The Kier molecular flexibility index (Phi) is 15.5. The Bertz CT molecular complexity index is 1970. The summed E-state index contributed by atoms with van der Waals surface area (Å²) >= 11 is 3.22. The van der Waals surface area contributed by atoms with Crippen molar-refractivity contribution in [2.45, 2.75) is 68.8 Å². The van der Waals surface area contributed by atoms with E-state index in [0.717, 1.165) is 20.2 Å². The van der Waals surface area contributed by atoms with Crippen molar-refractivity contribution in [1.82, 2.24) is 0 Å². The molecule has 0 heterocycles. The fourth-order valence-corrected chi connectivity index (χ4v) is 7.25. The minimum absolute atomic E-state index is 0.238. The van der Waals surface area contributed by atoms with Gasteiger partial charge in [0.25, 0.3) is 0 Å². The average Bonchev–Trinajstić information content (AvgIpc) is 3.09. The van der Waals surface area contributed by atoms with Crippen LogP contribution in [0.4, 0.5) is 26.3 Å². The minimum Gasteiger partial charge on any atom is -0.508 e. The average molecular weight is 813 g/mol. The molecular weight excluding hydrogens is 775 g/mol. The van der Waals surface area contributed by atoms with Gasteiger partial charge in [-0.15, -0.1) is 0 Å². The van der Waals surface area contributed by atoms with E-state index in [1.165, 1.54) is 40.9 Å². The van der Waals surface area contributed by atoms with Crippen molar-refractivity contribution in [3.05, 3.63) is 139 Å². The molecule has 0 aliphatic carbocycles. The zero-order valence-electron chi connectivity index (χ0n) is 29.2. The number of hydrogen-bond donors (Lipinski definition) is 3. The molecule has 290 valence electrons. The highest BCUT2D eigenvalue weighted by atomic mass is 32.2. The van der Waals surface area contributed by atoms with Gasteiger partial charge in [-0.05, 0) is 106 Å². The first-order valence-electron chi connectivity index (χ1n) is 15.9. The van der Waals surface area contributed by atoms with E-state index >= 15 is 0 Å². The number of hydrogen-bond acceptors (Lipinski definition) is 8. The van der Waals surface area contributed by atoms with Crippen LogP contribution in [-0.2, 0) is 9.84 Å². The van der Waals surface area contributed by atoms with Crippen molar-refractivity contribution < 1.29 is 54.8 Å². The van der Waals surface area contributed by atoms with E-state index < -0.39 is 45.8 Å². The third-order valence-corrected chi connectivity index (χ3v) is 11.2. The smallest absolute Gasteiger partial charge is 0.420 e. The number of phenolic OH excluding ortho intramolecular Hbond substituents is 1. The van der Waals surface area contributed by atoms with Crippen molar-refractivity contribution >= 4 is 33.4 Å². The molecule has 5 aromatic rings. The molecule has 15 heteroatoms. The van der Waals surface area contributed by atoms with Crippen LogP contribution in [0.15, 0.2) is 158 Å². The number of ether oxygens (including phenoxy) is 1. The number of benzene rings is 5. The fourth-order valence-electron chi connectivity index (χ4n) is 3.95. The normalized spacial score (nSPS) is 13.9. The highest BCUT2D eigenvalue weighted by Crippen LogP contribution is 2.34. The third-order valence-electron chi connectivity index (χ3n) is 7.21. The van der Waals surface area contributed by atoms with Gasteiger partial charge >= 0.3 is 12.4 Å². The number of halogens is 6. The van der Waals surface area contributed by atoms with Crippen LogP contribution in [0, 0.1) is 6.92 Å². The molecule has 0 aliphatic rings. The largest absolute Gasteiger partial charge is 0.508 e. The van der Waals surface area contributed by atoms with Crippen LogP contribution in [0.3, 0.4) is 0 Å². The quantitative estimate of drug-likeness (QED) is 0.120. The molecule has 0 radical (unpaired) electrons. The van der Waals surface area contributed by atoms with Gasteiger partial charge in [0.15, 0.2) is 21.0 Å².